The molecule has 0 atom stereocenters. The van der Waals surface area contributed by atoms with E-state index in [1.807, 2.05) is 0 Å². The van der Waals surface area contributed by atoms with E-state index < -0.39 is 11.6 Å². The topological polar surface area (TPSA) is 59.6 Å². The summed E-state index contributed by atoms with van der Waals surface area (Å²) >= 11 is 0. The van der Waals surface area contributed by atoms with Gasteiger partial charge >= 0.3 is 0 Å². The van der Waals surface area contributed by atoms with E-state index in [4.69, 9.17) is 10.5 Å². The third kappa shape index (κ3) is 3.45. The lowest BCUT2D eigenvalue weighted by Gasteiger charge is -2.40. The molecule has 4 nitrogen and oxygen atoms in total. The molecule has 1 aromatic carbocycles. The van der Waals surface area contributed by atoms with Gasteiger partial charge in [-0.3, -0.25) is 4.99 Å². The molecule has 1 fully saturated rings. The Morgan fingerprint density at radius 3 is 2.80 bits per heavy atom. The molecule has 0 aromatic heterocycles. The molecule has 0 aliphatic heterocycles. The van der Waals surface area contributed by atoms with Crippen LogP contribution in [-0.2, 0) is 4.74 Å². The van der Waals surface area contributed by atoms with Crippen LogP contribution in [0.1, 0.15) is 25.7 Å². The van der Waals surface area contributed by atoms with Gasteiger partial charge in [0, 0.05) is 19.7 Å². The molecule has 1 aliphatic carbocycles. The van der Waals surface area contributed by atoms with Crippen molar-refractivity contribution in [1.82, 2.24) is 0 Å². The Labute approximate surface area is 117 Å². The minimum atomic E-state index is -0.572. The second-order valence-corrected chi connectivity index (χ2v) is 5.01. The molecule has 0 heterocycles. The number of guanidine groups is 1. The maximum atomic E-state index is 13.4. The van der Waals surface area contributed by atoms with Crippen molar-refractivity contribution >= 4 is 11.6 Å². The lowest BCUT2D eigenvalue weighted by atomic mass is 9.77. The zero-order valence-electron chi connectivity index (χ0n) is 11.5. The quantitative estimate of drug-likeness (QED) is 0.645. The normalized spacial score (nSPS) is 17.6. The number of nitrogens with zero attached hydrogens (tertiary/aromatic N) is 1. The van der Waals surface area contributed by atoms with Gasteiger partial charge in [-0.15, -0.1) is 0 Å². The van der Waals surface area contributed by atoms with Crippen molar-refractivity contribution in [3.63, 3.8) is 0 Å². The summed E-state index contributed by atoms with van der Waals surface area (Å²) in [5, 5.41) is 2.56. The Balaban J connectivity index is 1.89. The lowest BCUT2D eigenvalue weighted by Crippen LogP contribution is -2.40. The monoisotopic (exact) mass is 283 g/mol. The predicted molar refractivity (Wildman–Crippen MR) is 74.7 cm³/mol. The van der Waals surface area contributed by atoms with Gasteiger partial charge in [0.15, 0.2) is 5.96 Å². The zero-order valence-corrected chi connectivity index (χ0v) is 11.5. The number of ether oxygens (including phenoxy) is 1. The summed E-state index contributed by atoms with van der Waals surface area (Å²) in [6.45, 7) is 0.490. The average molecular weight is 283 g/mol. The van der Waals surface area contributed by atoms with E-state index in [9.17, 15) is 8.78 Å². The van der Waals surface area contributed by atoms with Gasteiger partial charge in [-0.2, -0.15) is 0 Å². The number of nitrogens with one attached hydrogen (secondary N) is 1. The first-order valence-electron chi connectivity index (χ1n) is 6.62. The van der Waals surface area contributed by atoms with Crippen molar-refractivity contribution in [3.8, 4) is 0 Å². The van der Waals surface area contributed by atoms with Gasteiger partial charge in [-0.05, 0) is 37.8 Å². The van der Waals surface area contributed by atoms with Crippen molar-refractivity contribution in [2.45, 2.75) is 31.3 Å². The van der Waals surface area contributed by atoms with Crippen molar-refractivity contribution in [2.75, 3.05) is 19.0 Å². The minimum absolute atomic E-state index is 0.0173. The number of anilines is 1. The number of benzene rings is 1. The number of nitrogens with two attached hydrogens (primary N) is 1. The number of halogens is 2. The second kappa shape index (κ2) is 6.17. The minimum Gasteiger partial charge on any atom is -0.378 e. The molecule has 0 spiro atoms. The number of hydrogen-bond acceptors (Lipinski definition) is 2. The van der Waals surface area contributed by atoms with Crippen molar-refractivity contribution < 1.29 is 13.5 Å². The lowest BCUT2D eigenvalue weighted by molar-refractivity contribution is -0.0754. The summed E-state index contributed by atoms with van der Waals surface area (Å²) in [7, 11) is 1.70. The van der Waals surface area contributed by atoms with Gasteiger partial charge < -0.3 is 15.8 Å². The Morgan fingerprint density at radius 1 is 1.45 bits per heavy atom. The van der Waals surface area contributed by atoms with E-state index in [0.717, 1.165) is 37.5 Å². The third-order valence-corrected chi connectivity index (χ3v) is 3.74. The van der Waals surface area contributed by atoms with E-state index in [-0.39, 0.29) is 17.2 Å². The molecule has 0 unspecified atom stereocenters. The highest BCUT2D eigenvalue weighted by atomic mass is 19.1. The van der Waals surface area contributed by atoms with Crippen molar-refractivity contribution in [2.24, 2.45) is 10.7 Å². The Kier molecular flexibility index (Phi) is 4.54. The highest BCUT2D eigenvalue weighted by molar-refractivity contribution is 5.92. The zero-order chi connectivity index (χ0) is 14.6. The SMILES string of the molecule is COC1(CCN=C(N)Nc2cc(F)ccc2F)CCC1. The van der Waals surface area contributed by atoms with Crippen LogP contribution < -0.4 is 11.1 Å². The van der Waals surface area contributed by atoms with Gasteiger partial charge in [-0.25, -0.2) is 8.78 Å². The van der Waals surface area contributed by atoms with Gasteiger partial charge in [0.25, 0.3) is 0 Å². The summed E-state index contributed by atoms with van der Waals surface area (Å²) in [5.41, 5.74) is 5.57. The van der Waals surface area contributed by atoms with Crippen LogP contribution in [0.4, 0.5) is 14.5 Å². The summed E-state index contributed by atoms with van der Waals surface area (Å²) < 4.78 is 31.9. The molecule has 1 saturated carbocycles. The number of rotatable bonds is 5. The summed E-state index contributed by atoms with van der Waals surface area (Å²) in [6.07, 6.45) is 4.01. The molecular weight excluding hydrogens is 264 g/mol. The largest absolute Gasteiger partial charge is 0.378 e. The summed E-state index contributed by atoms with van der Waals surface area (Å²) in [6, 6.07) is 3.13. The number of aliphatic imine (C=N–C) groups is 1. The highest BCUT2D eigenvalue weighted by Gasteiger charge is 2.36. The van der Waals surface area contributed by atoms with E-state index in [2.05, 4.69) is 10.3 Å². The van der Waals surface area contributed by atoms with Crippen LogP contribution in [0.25, 0.3) is 0 Å². The number of methoxy groups -OCH3 is 1. The molecule has 1 aromatic rings. The molecule has 6 heteroatoms. The van der Waals surface area contributed by atoms with E-state index in [0.29, 0.717) is 6.54 Å². The third-order valence-electron chi connectivity index (χ3n) is 3.74. The predicted octanol–water partition coefficient (Wildman–Crippen LogP) is 2.65. The van der Waals surface area contributed by atoms with Gasteiger partial charge in [0.05, 0.1) is 11.3 Å². The van der Waals surface area contributed by atoms with Crippen LogP contribution in [0.2, 0.25) is 0 Å². The molecule has 0 radical (unpaired) electrons. The Bertz CT molecular complexity index is 496. The molecule has 2 rings (SSSR count). The first-order chi connectivity index (χ1) is 9.54. The molecule has 1 aliphatic rings. The maximum absolute atomic E-state index is 13.4. The molecule has 110 valence electrons. The van der Waals surface area contributed by atoms with Crippen LogP contribution in [0, 0.1) is 11.6 Å². The fourth-order valence-electron chi connectivity index (χ4n) is 2.28. The Morgan fingerprint density at radius 2 is 2.20 bits per heavy atom. The summed E-state index contributed by atoms with van der Waals surface area (Å²) in [4.78, 5) is 4.12. The molecule has 0 amide bonds. The van der Waals surface area contributed by atoms with Crippen LogP contribution in [0.15, 0.2) is 23.2 Å². The summed E-state index contributed by atoms with van der Waals surface area (Å²) in [5.74, 6) is -1.04. The van der Waals surface area contributed by atoms with E-state index >= 15 is 0 Å². The van der Waals surface area contributed by atoms with E-state index in [1.165, 1.54) is 6.42 Å². The van der Waals surface area contributed by atoms with E-state index in [1.54, 1.807) is 7.11 Å². The Hall–Kier alpha value is -1.69. The first-order valence-corrected chi connectivity index (χ1v) is 6.62. The molecule has 20 heavy (non-hydrogen) atoms. The fraction of sp³-hybridized carbons (Fsp3) is 0.500. The van der Waals surface area contributed by atoms with Gasteiger partial charge in [0.2, 0.25) is 0 Å². The maximum Gasteiger partial charge on any atom is 0.193 e. The standard InChI is InChI=1S/C14H19F2N3O/c1-20-14(5-2-6-14)7-8-18-13(17)19-12-9-10(15)3-4-11(12)16/h3-4,9H,2,5-8H2,1H3,(H3,17,18,19). The highest BCUT2D eigenvalue weighted by Crippen LogP contribution is 2.37. The molecule has 0 bridgehead atoms. The van der Waals surface area contributed by atoms with Crippen molar-refractivity contribution in [1.29, 1.82) is 0 Å². The van der Waals surface area contributed by atoms with Crippen molar-refractivity contribution in [3.05, 3.63) is 29.8 Å². The first kappa shape index (κ1) is 14.7. The van der Waals surface area contributed by atoms with Crippen LogP contribution in [-0.4, -0.2) is 25.2 Å². The van der Waals surface area contributed by atoms with Crippen LogP contribution in [0.5, 0.6) is 0 Å². The van der Waals surface area contributed by atoms with Gasteiger partial charge in [-0.1, -0.05) is 0 Å². The second-order valence-electron chi connectivity index (χ2n) is 5.01. The fourth-order valence-corrected chi connectivity index (χ4v) is 2.28. The molecule has 3 N–H and O–H groups in total. The number of hydrogen-bond donors (Lipinski definition) is 2. The molecular formula is C14H19F2N3O. The van der Waals surface area contributed by atoms with Gasteiger partial charge in [0.1, 0.15) is 11.6 Å². The average Bonchev–Trinajstić information content (AvgIpc) is 2.37. The van der Waals surface area contributed by atoms with Crippen LogP contribution in [0.3, 0.4) is 0 Å². The van der Waals surface area contributed by atoms with Crippen LogP contribution >= 0.6 is 0 Å². The molecule has 0 saturated heterocycles. The smallest absolute Gasteiger partial charge is 0.193 e.